The fourth-order valence-corrected chi connectivity index (χ4v) is 2.87. The summed E-state index contributed by atoms with van der Waals surface area (Å²) in [6, 6.07) is 2.48. The average molecular weight is 264 g/mol. The van der Waals surface area contributed by atoms with Crippen LogP contribution in [-0.4, -0.2) is 20.7 Å². The highest BCUT2D eigenvalue weighted by Gasteiger charge is 2.25. The van der Waals surface area contributed by atoms with Crippen molar-refractivity contribution in [2.24, 2.45) is 11.7 Å². The summed E-state index contributed by atoms with van der Waals surface area (Å²) in [5.74, 6) is 1.42. The number of rotatable bonds is 6. The molecule has 0 aromatic heterocycles. The Labute approximate surface area is 117 Å². The van der Waals surface area contributed by atoms with Crippen molar-refractivity contribution in [2.45, 2.75) is 40.2 Å². The normalized spacial score (nSPS) is 14.3. The van der Waals surface area contributed by atoms with E-state index in [4.69, 9.17) is 10.5 Å². The van der Waals surface area contributed by atoms with Crippen LogP contribution in [0.2, 0.25) is 0 Å². The lowest BCUT2D eigenvalue weighted by Gasteiger charge is -2.29. The highest BCUT2D eigenvalue weighted by Crippen LogP contribution is 2.37. The van der Waals surface area contributed by atoms with E-state index in [1.54, 1.807) is 7.11 Å². The van der Waals surface area contributed by atoms with Gasteiger partial charge < -0.3 is 15.8 Å². The van der Waals surface area contributed by atoms with E-state index >= 15 is 0 Å². The molecule has 0 aliphatic heterocycles. The number of hydrogen-bond donors (Lipinski definition) is 2. The van der Waals surface area contributed by atoms with Crippen LogP contribution in [0.5, 0.6) is 5.75 Å². The van der Waals surface area contributed by atoms with Crippen LogP contribution in [0.4, 0.5) is 0 Å². The third-order valence-corrected chi connectivity index (χ3v) is 4.16. The number of methoxy groups -OCH3 is 1. The molecule has 1 rings (SSSR count). The molecule has 1 aromatic carbocycles. The van der Waals surface area contributed by atoms with Crippen molar-refractivity contribution in [3.05, 3.63) is 28.3 Å². The second-order valence-corrected chi connectivity index (χ2v) is 5.25. The molecule has 3 N–H and O–H groups in total. The molecule has 0 spiro atoms. The quantitative estimate of drug-likeness (QED) is 0.830. The molecule has 0 aliphatic carbocycles. The number of nitrogens with one attached hydrogen (secondary N) is 1. The minimum atomic E-state index is 0.240. The summed E-state index contributed by atoms with van der Waals surface area (Å²) in [6.45, 7) is 9.26. The maximum atomic E-state index is 5.93. The summed E-state index contributed by atoms with van der Waals surface area (Å²) < 4.78 is 5.68. The lowest BCUT2D eigenvalue weighted by atomic mass is 9.86. The van der Waals surface area contributed by atoms with Gasteiger partial charge in [0.1, 0.15) is 5.75 Å². The van der Waals surface area contributed by atoms with E-state index in [-0.39, 0.29) is 6.04 Å². The molecule has 2 atom stereocenters. The van der Waals surface area contributed by atoms with Crippen LogP contribution in [0.1, 0.15) is 41.6 Å². The fourth-order valence-electron chi connectivity index (χ4n) is 2.87. The van der Waals surface area contributed by atoms with Crippen LogP contribution in [0.25, 0.3) is 0 Å². The Morgan fingerprint density at radius 2 is 1.89 bits per heavy atom. The van der Waals surface area contributed by atoms with Crippen molar-refractivity contribution in [3.8, 4) is 5.75 Å². The third-order valence-electron chi connectivity index (χ3n) is 4.16. The van der Waals surface area contributed by atoms with Crippen LogP contribution in [0.3, 0.4) is 0 Å². The zero-order valence-electron chi connectivity index (χ0n) is 13.1. The van der Waals surface area contributed by atoms with E-state index < -0.39 is 0 Å². The fraction of sp³-hybridized carbons (Fsp3) is 0.625. The summed E-state index contributed by atoms with van der Waals surface area (Å²) in [7, 11) is 3.75. The second kappa shape index (κ2) is 6.92. The van der Waals surface area contributed by atoms with Gasteiger partial charge in [0.05, 0.1) is 7.11 Å². The predicted octanol–water partition coefficient (Wildman–Crippen LogP) is 2.87. The lowest BCUT2D eigenvalue weighted by molar-refractivity contribution is 0.350. The van der Waals surface area contributed by atoms with Crippen molar-refractivity contribution in [1.82, 2.24) is 5.32 Å². The summed E-state index contributed by atoms with van der Waals surface area (Å²) in [5, 5.41) is 3.42. The first-order valence-corrected chi connectivity index (χ1v) is 7.03. The smallest absolute Gasteiger partial charge is 0.127 e. The molecule has 0 fully saturated rings. The van der Waals surface area contributed by atoms with Crippen LogP contribution in [-0.2, 0) is 0 Å². The van der Waals surface area contributed by atoms with E-state index in [9.17, 15) is 0 Å². The van der Waals surface area contributed by atoms with Gasteiger partial charge >= 0.3 is 0 Å². The van der Waals surface area contributed by atoms with Gasteiger partial charge in [0, 0.05) is 11.6 Å². The molecule has 3 heteroatoms. The van der Waals surface area contributed by atoms with Crippen LogP contribution >= 0.6 is 0 Å². The first-order valence-electron chi connectivity index (χ1n) is 7.03. The van der Waals surface area contributed by atoms with Crippen molar-refractivity contribution >= 4 is 0 Å². The Balaban J connectivity index is 3.42. The first-order chi connectivity index (χ1) is 9.01. The second-order valence-electron chi connectivity index (χ2n) is 5.25. The largest absolute Gasteiger partial charge is 0.496 e. The van der Waals surface area contributed by atoms with Gasteiger partial charge in [-0.3, -0.25) is 0 Å². The highest BCUT2D eigenvalue weighted by atomic mass is 16.5. The Morgan fingerprint density at radius 1 is 1.26 bits per heavy atom. The molecule has 3 nitrogen and oxygen atoms in total. The van der Waals surface area contributed by atoms with Crippen LogP contribution in [0.15, 0.2) is 6.07 Å². The molecule has 19 heavy (non-hydrogen) atoms. The minimum absolute atomic E-state index is 0.240. The Kier molecular flexibility index (Phi) is 5.83. The SMILES string of the molecule is CCC(CN)C(NC)c1c(C)cc(C)c(C)c1OC. The molecular weight excluding hydrogens is 236 g/mol. The summed E-state index contributed by atoms with van der Waals surface area (Å²) in [5.41, 5.74) is 10.9. The molecule has 0 heterocycles. The topological polar surface area (TPSA) is 47.3 Å². The summed E-state index contributed by atoms with van der Waals surface area (Å²) >= 11 is 0. The third kappa shape index (κ3) is 3.10. The van der Waals surface area contributed by atoms with E-state index in [1.165, 1.54) is 22.3 Å². The zero-order chi connectivity index (χ0) is 14.6. The number of hydrogen-bond acceptors (Lipinski definition) is 3. The monoisotopic (exact) mass is 264 g/mol. The van der Waals surface area contributed by atoms with Gasteiger partial charge in [-0.2, -0.15) is 0 Å². The van der Waals surface area contributed by atoms with E-state index in [1.807, 2.05) is 7.05 Å². The average Bonchev–Trinajstić information content (AvgIpc) is 2.40. The number of aryl methyl sites for hydroxylation is 2. The molecule has 0 saturated heterocycles. The maximum Gasteiger partial charge on any atom is 0.127 e. The molecule has 1 aromatic rings. The molecule has 2 unspecified atom stereocenters. The van der Waals surface area contributed by atoms with E-state index in [0.29, 0.717) is 12.5 Å². The predicted molar refractivity (Wildman–Crippen MR) is 81.8 cm³/mol. The van der Waals surface area contributed by atoms with Crippen LogP contribution < -0.4 is 15.8 Å². The molecule has 0 amide bonds. The highest BCUT2D eigenvalue weighted by molar-refractivity contribution is 5.51. The van der Waals surface area contributed by atoms with Gasteiger partial charge in [-0.05, 0) is 57.0 Å². The molecule has 0 saturated carbocycles. The van der Waals surface area contributed by atoms with Crippen molar-refractivity contribution in [1.29, 1.82) is 0 Å². The van der Waals surface area contributed by atoms with Gasteiger partial charge in [-0.1, -0.05) is 19.4 Å². The molecule has 108 valence electrons. The molecular formula is C16H28N2O. The zero-order valence-corrected chi connectivity index (χ0v) is 13.1. The minimum Gasteiger partial charge on any atom is -0.496 e. The Bertz CT molecular complexity index is 425. The maximum absolute atomic E-state index is 5.93. The standard InChI is InChI=1S/C16H28N2O/c1-7-13(9-17)15(18-5)14-11(3)8-10(2)12(4)16(14)19-6/h8,13,15,18H,7,9,17H2,1-6H3. The van der Waals surface area contributed by atoms with Crippen molar-refractivity contribution < 1.29 is 4.74 Å². The van der Waals surface area contributed by atoms with Gasteiger partial charge in [0.25, 0.3) is 0 Å². The number of ether oxygens (including phenoxy) is 1. The Hall–Kier alpha value is -1.06. The van der Waals surface area contributed by atoms with Gasteiger partial charge in [0.15, 0.2) is 0 Å². The van der Waals surface area contributed by atoms with E-state index in [0.717, 1.165) is 12.2 Å². The van der Waals surface area contributed by atoms with Crippen molar-refractivity contribution in [2.75, 3.05) is 20.7 Å². The molecule has 0 aliphatic rings. The molecule has 0 radical (unpaired) electrons. The first kappa shape index (κ1) is 16.0. The number of nitrogens with two attached hydrogens (primary N) is 1. The Morgan fingerprint density at radius 3 is 2.32 bits per heavy atom. The summed E-state index contributed by atoms with van der Waals surface area (Å²) in [4.78, 5) is 0. The van der Waals surface area contributed by atoms with Gasteiger partial charge in [-0.25, -0.2) is 0 Å². The van der Waals surface area contributed by atoms with Gasteiger partial charge in [0.2, 0.25) is 0 Å². The van der Waals surface area contributed by atoms with Crippen molar-refractivity contribution in [3.63, 3.8) is 0 Å². The summed E-state index contributed by atoms with van der Waals surface area (Å²) in [6.07, 6.45) is 1.05. The molecule has 0 bridgehead atoms. The lowest BCUT2D eigenvalue weighted by Crippen LogP contribution is -2.31. The van der Waals surface area contributed by atoms with Crippen LogP contribution in [0, 0.1) is 26.7 Å². The number of benzene rings is 1. The van der Waals surface area contributed by atoms with Gasteiger partial charge in [-0.15, -0.1) is 0 Å². The van der Waals surface area contributed by atoms with E-state index in [2.05, 4.69) is 39.1 Å².